The van der Waals surface area contributed by atoms with Crippen molar-refractivity contribution < 1.29 is 9.53 Å². The average Bonchev–Trinajstić information content (AvgIpc) is 3.28. The molecule has 0 radical (unpaired) electrons. The number of ether oxygens (including phenoxy) is 1. The van der Waals surface area contributed by atoms with Crippen LogP contribution in [0.1, 0.15) is 24.8 Å². The van der Waals surface area contributed by atoms with Gasteiger partial charge in [-0.15, -0.1) is 0 Å². The second-order valence-electron chi connectivity index (χ2n) is 8.12. The van der Waals surface area contributed by atoms with Crippen molar-refractivity contribution in [3.63, 3.8) is 0 Å². The molecule has 5 heteroatoms. The first-order valence-electron chi connectivity index (χ1n) is 10.4. The fourth-order valence-electron chi connectivity index (χ4n) is 3.97. The number of H-pyrrole nitrogens is 1. The number of benzene rings is 2. The van der Waals surface area contributed by atoms with E-state index in [1.54, 1.807) is 6.20 Å². The fraction of sp³-hybridized carbons (Fsp3) is 0.333. The van der Waals surface area contributed by atoms with Crippen LogP contribution in [0.5, 0.6) is 5.75 Å². The topological polar surface area (TPSA) is 58.2 Å². The van der Waals surface area contributed by atoms with E-state index in [1.807, 2.05) is 47.5 Å². The van der Waals surface area contributed by atoms with Crippen molar-refractivity contribution in [2.45, 2.75) is 25.7 Å². The third-order valence-electron chi connectivity index (χ3n) is 5.89. The molecule has 1 N–H and O–H groups in total. The van der Waals surface area contributed by atoms with Crippen LogP contribution in [0.25, 0.3) is 11.1 Å². The molecule has 2 heterocycles. The van der Waals surface area contributed by atoms with Gasteiger partial charge in [-0.25, -0.2) is 0 Å². The zero-order valence-electron chi connectivity index (χ0n) is 16.4. The molecule has 0 bridgehead atoms. The Bertz CT molecular complexity index is 978. The first kappa shape index (κ1) is 18.0. The molecule has 1 saturated heterocycles. The maximum Gasteiger partial charge on any atom is 0.230 e. The quantitative estimate of drug-likeness (QED) is 0.651. The molecule has 1 amide bonds. The number of carbonyl (C=O) groups excluding carboxylic acids is 1. The lowest BCUT2D eigenvalue weighted by atomic mass is 9.98. The van der Waals surface area contributed by atoms with Crippen LogP contribution < -0.4 is 9.64 Å². The van der Waals surface area contributed by atoms with Gasteiger partial charge in [-0.1, -0.05) is 24.3 Å². The van der Waals surface area contributed by atoms with Crippen molar-refractivity contribution in [2.75, 3.05) is 18.1 Å². The van der Waals surface area contributed by atoms with Crippen LogP contribution in [0.3, 0.4) is 0 Å². The highest BCUT2D eigenvalue weighted by atomic mass is 16.5. The Hall–Kier alpha value is -3.08. The Morgan fingerprint density at radius 3 is 2.69 bits per heavy atom. The number of hydrogen-bond acceptors (Lipinski definition) is 3. The molecule has 2 aliphatic rings. The van der Waals surface area contributed by atoms with Gasteiger partial charge in [0.15, 0.2) is 0 Å². The molecule has 5 nitrogen and oxygen atoms in total. The second-order valence-corrected chi connectivity index (χ2v) is 8.12. The summed E-state index contributed by atoms with van der Waals surface area (Å²) in [5.74, 6) is 1.91. The second kappa shape index (κ2) is 7.74. The number of aromatic nitrogens is 2. The maximum absolute atomic E-state index is 13.0. The lowest BCUT2D eigenvalue weighted by Gasteiger charge is -2.17. The van der Waals surface area contributed by atoms with E-state index in [0.29, 0.717) is 0 Å². The summed E-state index contributed by atoms with van der Waals surface area (Å²) < 4.78 is 5.89. The third kappa shape index (κ3) is 4.04. The van der Waals surface area contributed by atoms with Crippen molar-refractivity contribution in [2.24, 2.45) is 11.8 Å². The van der Waals surface area contributed by atoms with Gasteiger partial charge in [0.05, 0.1) is 12.8 Å². The van der Waals surface area contributed by atoms with Crippen LogP contribution in [-0.2, 0) is 11.2 Å². The Kier molecular flexibility index (Phi) is 4.80. The minimum atomic E-state index is 0.0298. The van der Waals surface area contributed by atoms with E-state index in [9.17, 15) is 4.79 Å². The molecule has 29 heavy (non-hydrogen) atoms. The number of aromatic amines is 1. The molecule has 1 aliphatic carbocycles. The molecule has 1 atom stereocenters. The van der Waals surface area contributed by atoms with E-state index in [0.717, 1.165) is 54.5 Å². The van der Waals surface area contributed by atoms with Crippen LogP contribution in [0.4, 0.5) is 5.69 Å². The van der Waals surface area contributed by atoms with Crippen LogP contribution in [-0.4, -0.2) is 29.3 Å². The third-order valence-corrected chi connectivity index (χ3v) is 5.89. The van der Waals surface area contributed by atoms with Gasteiger partial charge >= 0.3 is 0 Å². The van der Waals surface area contributed by atoms with Crippen molar-refractivity contribution in [3.8, 4) is 16.9 Å². The zero-order valence-corrected chi connectivity index (χ0v) is 16.4. The molecule has 2 aromatic carbocycles. The predicted octanol–water partition coefficient (Wildman–Crippen LogP) is 4.46. The van der Waals surface area contributed by atoms with Crippen molar-refractivity contribution in [3.05, 3.63) is 66.5 Å². The Morgan fingerprint density at radius 1 is 1.07 bits per heavy atom. The van der Waals surface area contributed by atoms with E-state index in [2.05, 4.69) is 22.3 Å². The molecule has 1 aliphatic heterocycles. The molecule has 148 valence electrons. The molecule has 5 rings (SSSR count). The first-order chi connectivity index (χ1) is 14.3. The van der Waals surface area contributed by atoms with Gasteiger partial charge in [-0.05, 0) is 67.0 Å². The lowest BCUT2D eigenvalue weighted by molar-refractivity contribution is -0.120. The Balaban J connectivity index is 1.23. The molecule has 3 aromatic rings. The molecule has 2 fully saturated rings. The van der Waals surface area contributed by atoms with E-state index < -0.39 is 0 Å². The largest absolute Gasteiger partial charge is 0.493 e. The summed E-state index contributed by atoms with van der Waals surface area (Å²) in [6.07, 6.45) is 7.89. The Labute approximate surface area is 170 Å². The molecular formula is C24H25N3O2. The monoisotopic (exact) mass is 387 g/mol. The zero-order chi connectivity index (χ0) is 19.6. The summed E-state index contributed by atoms with van der Waals surface area (Å²) in [5.41, 5.74) is 4.28. The number of rotatable bonds is 7. The number of hydrogen-bond donors (Lipinski definition) is 1. The van der Waals surface area contributed by atoms with Crippen molar-refractivity contribution in [1.29, 1.82) is 0 Å². The van der Waals surface area contributed by atoms with E-state index >= 15 is 0 Å². The molecular weight excluding hydrogens is 362 g/mol. The van der Waals surface area contributed by atoms with Crippen LogP contribution in [0.2, 0.25) is 0 Å². The standard InChI is InChI=1S/C24H25N3O2/c28-24-20(12-18-2-1-3-23(13-18)29-16-17-4-5-17)10-11-27(24)22-8-6-19(7-9-22)21-14-25-26-15-21/h1-3,6-9,13-15,17,20H,4-5,10-12,16H2,(H,25,26)/t20-/m0/s1. The minimum Gasteiger partial charge on any atom is -0.493 e. The highest BCUT2D eigenvalue weighted by Gasteiger charge is 2.32. The highest BCUT2D eigenvalue weighted by Crippen LogP contribution is 2.31. The smallest absolute Gasteiger partial charge is 0.230 e. The highest BCUT2D eigenvalue weighted by molar-refractivity contribution is 5.97. The predicted molar refractivity (Wildman–Crippen MR) is 113 cm³/mol. The van der Waals surface area contributed by atoms with Gasteiger partial charge in [-0.3, -0.25) is 9.89 Å². The summed E-state index contributed by atoms with van der Waals surface area (Å²) in [7, 11) is 0. The van der Waals surface area contributed by atoms with Crippen LogP contribution >= 0.6 is 0 Å². The summed E-state index contributed by atoms with van der Waals surface area (Å²) in [5, 5.41) is 6.82. The number of anilines is 1. The van der Waals surface area contributed by atoms with Crippen molar-refractivity contribution in [1.82, 2.24) is 10.2 Å². The summed E-state index contributed by atoms with van der Waals surface area (Å²) in [6, 6.07) is 16.4. The van der Waals surface area contributed by atoms with Gasteiger partial charge < -0.3 is 9.64 Å². The normalized spacial score (nSPS) is 19.0. The van der Waals surface area contributed by atoms with Gasteiger partial charge in [-0.2, -0.15) is 5.10 Å². The summed E-state index contributed by atoms with van der Waals surface area (Å²) in [4.78, 5) is 14.9. The molecule has 0 unspecified atom stereocenters. The van der Waals surface area contributed by atoms with Crippen molar-refractivity contribution >= 4 is 11.6 Å². The number of carbonyl (C=O) groups is 1. The van der Waals surface area contributed by atoms with Crippen LogP contribution in [0.15, 0.2) is 60.9 Å². The summed E-state index contributed by atoms with van der Waals surface area (Å²) >= 11 is 0. The number of nitrogens with one attached hydrogen (secondary N) is 1. The van der Waals surface area contributed by atoms with Gasteiger partial charge in [0, 0.05) is 29.9 Å². The molecule has 1 aromatic heterocycles. The molecule has 1 saturated carbocycles. The van der Waals surface area contributed by atoms with E-state index in [4.69, 9.17) is 4.74 Å². The van der Waals surface area contributed by atoms with E-state index in [1.165, 1.54) is 18.4 Å². The SMILES string of the molecule is O=C1[C@H](Cc2cccc(OCC3CC3)c2)CCN1c1ccc(-c2cn[nH]c2)cc1. The fourth-order valence-corrected chi connectivity index (χ4v) is 3.97. The van der Waals surface area contributed by atoms with Crippen LogP contribution in [0, 0.1) is 11.8 Å². The summed E-state index contributed by atoms with van der Waals surface area (Å²) in [6.45, 7) is 1.58. The van der Waals surface area contributed by atoms with Gasteiger partial charge in [0.2, 0.25) is 5.91 Å². The minimum absolute atomic E-state index is 0.0298. The average molecular weight is 387 g/mol. The van der Waals surface area contributed by atoms with E-state index in [-0.39, 0.29) is 11.8 Å². The lowest BCUT2D eigenvalue weighted by Crippen LogP contribution is -2.27. The van der Waals surface area contributed by atoms with Gasteiger partial charge in [0.1, 0.15) is 5.75 Å². The number of amides is 1. The Morgan fingerprint density at radius 2 is 1.93 bits per heavy atom. The molecule has 0 spiro atoms. The van der Waals surface area contributed by atoms with Gasteiger partial charge in [0.25, 0.3) is 0 Å². The first-order valence-corrected chi connectivity index (χ1v) is 10.4. The number of nitrogens with zero attached hydrogens (tertiary/aromatic N) is 2. The maximum atomic E-state index is 13.0.